The van der Waals surface area contributed by atoms with E-state index in [-0.39, 0.29) is 11.2 Å². The van der Waals surface area contributed by atoms with Crippen LogP contribution in [0.5, 0.6) is 0 Å². The van der Waals surface area contributed by atoms with Gasteiger partial charge in [-0.15, -0.1) is 0 Å². The Hall–Kier alpha value is -2.71. The van der Waals surface area contributed by atoms with Crippen molar-refractivity contribution in [2.24, 2.45) is 5.92 Å². The minimum atomic E-state index is -0.946. The fourth-order valence-electron chi connectivity index (χ4n) is 4.77. The predicted molar refractivity (Wildman–Crippen MR) is 107 cm³/mol. The number of hydrogen-bond acceptors (Lipinski definition) is 5. The number of aromatic nitrogens is 1. The molecule has 2 bridgehead atoms. The smallest absolute Gasteiger partial charge is 0.250 e. The van der Waals surface area contributed by atoms with Gasteiger partial charge in [-0.25, -0.2) is 5.21 Å². The molecule has 2 aliphatic heterocycles. The molecule has 2 aliphatic rings. The first-order chi connectivity index (χ1) is 14.1. The zero-order valence-electron chi connectivity index (χ0n) is 16.0. The molecule has 0 aliphatic carbocycles. The van der Waals surface area contributed by atoms with Crippen molar-refractivity contribution in [1.82, 2.24) is 9.47 Å². The first-order valence-corrected chi connectivity index (χ1v) is 9.91. The first kappa shape index (κ1) is 18.3. The number of nitrogens with one attached hydrogen (secondary N) is 1. The Morgan fingerprint density at radius 3 is 2.83 bits per heavy atom. The summed E-state index contributed by atoms with van der Waals surface area (Å²) < 4.78 is 7.97. The third-order valence-electron chi connectivity index (χ3n) is 5.99. The average Bonchev–Trinajstić information content (AvgIpc) is 3.17. The number of hydrogen-bond donors (Lipinski definition) is 2. The van der Waals surface area contributed by atoms with E-state index in [1.807, 2.05) is 28.8 Å². The molecule has 1 aromatic carbocycles. The fourth-order valence-corrected chi connectivity index (χ4v) is 4.77. The molecule has 3 aromatic rings. The van der Waals surface area contributed by atoms with E-state index >= 15 is 0 Å². The number of fused-ring (bicyclic) bond motifs is 4. The zero-order valence-corrected chi connectivity index (χ0v) is 16.0. The van der Waals surface area contributed by atoms with Crippen molar-refractivity contribution in [3.05, 3.63) is 81.6 Å². The number of nitrogens with zero attached hydrogens (tertiary/aromatic N) is 2. The van der Waals surface area contributed by atoms with E-state index in [2.05, 4.69) is 11.0 Å². The van der Waals surface area contributed by atoms with Crippen LogP contribution in [0.2, 0.25) is 0 Å². The Balaban J connectivity index is 1.33. The fraction of sp³-hybridized carbons (Fsp3) is 0.318. The maximum absolute atomic E-state index is 12.2. The number of furan rings is 1. The highest BCUT2D eigenvalue weighted by atomic mass is 16.8. The molecule has 7 heteroatoms. The molecule has 0 spiro atoms. The second-order valence-electron chi connectivity index (χ2n) is 8.04. The Morgan fingerprint density at radius 2 is 1.97 bits per heavy atom. The molecule has 0 saturated carbocycles. The van der Waals surface area contributed by atoms with Crippen LogP contribution in [0.1, 0.15) is 23.8 Å². The van der Waals surface area contributed by atoms with Crippen molar-refractivity contribution in [3.63, 3.8) is 0 Å². The first-order valence-electron chi connectivity index (χ1n) is 9.91. The average molecular weight is 393 g/mol. The minimum Gasteiger partial charge on any atom is -0.595 e. The number of benzene rings is 1. The van der Waals surface area contributed by atoms with E-state index in [1.54, 1.807) is 24.3 Å². The highest BCUT2D eigenvalue weighted by molar-refractivity contribution is 5.61. The number of pyridine rings is 1. The van der Waals surface area contributed by atoms with E-state index in [0.717, 1.165) is 43.1 Å². The topological polar surface area (TPSA) is 86.1 Å². The van der Waals surface area contributed by atoms with Gasteiger partial charge in [-0.05, 0) is 30.5 Å². The number of piperidine rings is 1. The van der Waals surface area contributed by atoms with Gasteiger partial charge in [0.25, 0.3) is 5.56 Å². The van der Waals surface area contributed by atoms with Gasteiger partial charge in [-0.2, -0.15) is 5.23 Å². The maximum atomic E-state index is 12.2. The summed E-state index contributed by atoms with van der Waals surface area (Å²) in [5.41, 5.74) is 2.26. The van der Waals surface area contributed by atoms with Crippen LogP contribution >= 0.6 is 0 Å². The molecule has 2 N–H and O–H groups in total. The predicted octanol–water partition coefficient (Wildman–Crippen LogP) is 2.13. The lowest BCUT2D eigenvalue weighted by atomic mass is 9.83. The molecule has 0 amide bonds. The largest absolute Gasteiger partial charge is 0.595 e. The molecule has 2 aromatic heterocycles. The summed E-state index contributed by atoms with van der Waals surface area (Å²) in [6.45, 7) is 3.35. The SMILES string of the molecule is O=c1cccc2n1CC1CC2CN(Cc2ccc(-c3cccc([NH+]([O-])O)c3)o2)C1. The molecule has 7 nitrogen and oxygen atoms in total. The van der Waals surface area contributed by atoms with Crippen LogP contribution in [-0.2, 0) is 13.1 Å². The number of rotatable bonds is 4. The van der Waals surface area contributed by atoms with E-state index < -0.39 is 5.23 Å². The number of quaternary nitrogens is 1. The van der Waals surface area contributed by atoms with E-state index in [4.69, 9.17) is 4.42 Å². The highest BCUT2D eigenvalue weighted by Gasteiger charge is 2.34. The Labute approximate surface area is 167 Å². The molecule has 1 saturated heterocycles. The third-order valence-corrected chi connectivity index (χ3v) is 5.99. The summed E-state index contributed by atoms with van der Waals surface area (Å²) in [5, 5.41) is 19.4. The van der Waals surface area contributed by atoms with Crippen molar-refractivity contribution in [1.29, 1.82) is 0 Å². The van der Waals surface area contributed by atoms with E-state index in [9.17, 15) is 15.2 Å². The van der Waals surface area contributed by atoms with Gasteiger partial charge >= 0.3 is 0 Å². The molecule has 5 rings (SSSR count). The summed E-state index contributed by atoms with van der Waals surface area (Å²) in [6, 6.07) is 16.2. The molecular formula is C22H23N3O4. The lowest BCUT2D eigenvalue weighted by molar-refractivity contribution is -0.991. The van der Waals surface area contributed by atoms with Crippen molar-refractivity contribution in [2.75, 3.05) is 13.1 Å². The molecule has 0 radical (unpaired) electrons. The van der Waals surface area contributed by atoms with Crippen LogP contribution < -0.4 is 10.8 Å². The normalized spacial score (nSPS) is 22.3. The Morgan fingerprint density at radius 1 is 1.10 bits per heavy atom. The van der Waals surface area contributed by atoms with Gasteiger partial charge < -0.3 is 14.2 Å². The maximum Gasteiger partial charge on any atom is 0.250 e. The monoisotopic (exact) mass is 393 g/mol. The number of likely N-dealkylation sites (tertiary alicyclic amines) is 1. The standard InChI is InChI=1S/C22H23N3O4/c26-22-6-2-5-20-17-9-15(12-24(20)22)11-23(13-17)14-19-7-8-21(29-19)16-3-1-4-18(10-16)25(27)28/h1-8,10,15,17,25,27H,9,11-14H2. The van der Waals surface area contributed by atoms with Crippen LogP contribution in [-0.4, -0.2) is 27.8 Å². The summed E-state index contributed by atoms with van der Waals surface area (Å²) in [5.74, 6) is 2.39. The van der Waals surface area contributed by atoms with Crippen LogP contribution in [0.25, 0.3) is 11.3 Å². The van der Waals surface area contributed by atoms with Crippen molar-refractivity contribution in [2.45, 2.75) is 25.4 Å². The molecule has 150 valence electrons. The molecular weight excluding hydrogens is 370 g/mol. The lowest BCUT2D eigenvalue weighted by Crippen LogP contribution is -2.99. The molecule has 3 unspecified atom stereocenters. The quantitative estimate of drug-likeness (QED) is 0.664. The van der Waals surface area contributed by atoms with Gasteiger partial charge in [0, 0.05) is 55.0 Å². The van der Waals surface area contributed by atoms with Crippen molar-refractivity contribution in [3.8, 4) is 11.3 Å². The van der Waals surface area contributed by atoms with Crippen LogP contribution in [0, 0.1) is 11.1 Å². The van der Waals surface area contributed by atoms with E-state index in [0.29, 0.717) is 24.1 Å². The summed E-state index contributed by atoms with van der Waals surface area (Å²) in [6.07, 6.45) is 1.13. The van der Waals surface area contributed by atoms with Gasteiger partial charge in [-0.3, -0.25) is 9.69 Å². The van der Waals surface area contributed by atoms with Gasteiger partial charge in [-0.1, -0.05) is 18.2 Å². The van der Waals surface area contributed by atoms with E-state index in [1.165, 1.54) is 0 Å². The van der Waals surface area contributed by atoms with Gasteiger partial charge in [0.1, 0.15) is 11.5 Å². The third kappa shape index (κ3) is 3.54. The van der Waals surface area contributed by atoms with Crippen LogP contribution in [0.3, 0.4) is 0 Å². The van der Waals surface area contributed by atoms with Crippen molar-refractivity contribution >= 4 is 5.69 Å². The second kappa shape index (κ2) is 7.27. The minimum absolute atomic E-state index is 0.102. The summed E-state index contributed by atoms with van der Waals surface area (Å²) >= 11 is 0. The zero-order chi connectivity index (χ0) is 20.0. The summed E-state index contributed by atoms with van der Waals surface area (Å²) in [7, 11) is 0. The Bertz CT molecular complexity index is 1090. The lowest BCUT2D eigenvalue weighted by Gasteiger charge is -2.42. The van der Waals surface area contributed by atoms with Gasteiger partial charge in [0.05, 0.1) is 6.54 Å². The van der Waals surface area contributed by atoms with Crippen molar-refractivity contribution < 1.29 is 14.9 Å². The molecule has 1 fully saturated rings. The second-order valence-corrected chi connectivity index (χ2v) is 8.04. The van der Waals surface area contributed by atoms with Crippen LogP contribution in [0.15, 0.2) is 63.8 Å². The molecule has 29 heavy (non-hydrogen) atoms. The summed E-state index contributed by atoms with van der Waals surface area (Å²) in [4.78, 5) is 14.6. The highest BCUT2D eigenvalue weighted by Crippen LogP contribution is 2.35. The Kier molecular flexibility index (Phi) is 4.60. The molecule has 4 heterocycles. The van der Waals surface area contributed by atoms with Crippen LogP contribution in [0.4, 0.5) is 5.69 Å². The molecule has 3 atom stereocenters. The van der Waals surface area contributed by atoms with Gasteiger partial charge in [0.15, 0.2) is 5.69 Å². The van der Waals surface area contributed by atoms with Gasteiger partial charge in [0.2, 0.25) is 0 Å².